The van der Waals surface area contributed by atoms with Gasteiger partial charge in [0.25, 0.3) is 0 Å². The Kier molecular flexibility index (Phi) is 7.10. The van der Waals surface area contributed by atoms with Crippen LogP contribution in [0, 0.1) is 32.1 Å². The lowest BCUT2D eigenvalue weighted by Crippen LogP contribution is -2.18. The fourth-order valence-corrected chi connectivity index (χ4v) is 7.57. The van der Waals surface area contributed by atoms with Crippen molar-refractivity contribution in [2.45, 2.75) is 61.0 Å². The molecule has 2 aromatic carbocycles. The van der Waals surface area contributed by atoms with E-state index in [1.165, 1.54) is 0 Å². The van der Waals surface area contributed by atoms with E-state index in [4.69, 9.17) is 0 Å². The van der Waals surface area contributed by atoms with E-state index in [1.54, 1.807) is 0 Å². The maximum atomic E-state index is 14.2. The second-order valence-electron chi connectivity index (χ2n) is 9.66. The molecule has 2 nitrogen and oxygen atoms in total. The maximum Gasteiger partial charge on any atom is 0.222 e. The van der Waals surface area contributed by atoms with Crippen molar-refractivity contribution < 1.29 is 9.36 Å². The first kappa shape index (κ1) is 22.6. The molecule has 0 N–H and O–H groups in total. The molecule has 0 radical (unpaired) electrons. The van der Waals surface area contributed by atoms with Gasteiger partial charge in [0.15, 0.2) is 7.14 Å². The quantitative estimate of drug-likeness (QED) is 0.456. The van der Waals surface area contributed by atoms with Crippen LogP contribution in [0.3, 0.4) is 0 Å². The van der Waals surface area contributed by atoms with Crippen molar-refractivity contribution in [3.8, 4) is 0 Å². The average Bonchev–Trinajstić information content (AvgIpc) is 2.52. The maximum absolute atomic E-state index is 14.2. The van der Waals surface area contributed by atoms with Crippen LogP contribution in [-0.2, 0) is 10.7 Å². The molecule has 0 aliphatic heterocycles. The van der Waals surface area contributed by atoms with E-state index >= 15 is 0 Å². The molecule has 0 aliphatic carbocycles. The third-order valence-corrected chi connectivity index (χ3v) is 8.16. The Balaban J connectivity index is 2.45. The number of carbonyl (C=O) groups excluding carboxylic acids is 1. The van der Waals surface area contributed by atoms with Crippen molar-refractivity contribution in [1.29, 1.82) is 0 Å². The Morgan fingerprint density at radius 1 is 1.00 bits per heavy atom. The summed E-state index contributed by atoms with van der Waals surface area (Å²) in [6.45, 7) is 14.7. The Bertz CT molecular complexity index is 852. The number of hydrogen-bond acceptors (Lipinski definition) is 2. The van der Waals surface area contributed by atoms with Crippen molar-refractivity contribution in [3.63, 3.8) is 0 Å². The molecule has 0 saturated heterocycles. The van der Waals surface area contributed by atoms with Crippen LogP contribution in [0.15, 0.2) is 42.5 Å². The Hall–Kier alpha value is -1.66. The fourth-order valence-electron chi connectivity index (χ4n) is 4.43. The summed E-state index contributed by atoms with van der Waals surface area (Å²) in [6, 6.07) is 13.8. The first-order chi connectivity index (χ1) is 12.9. The van der Waals surface area contributed by atoms with E-state index in [2.05, 4.69) is 27.7 Å². The summed E-state index contributed by atoms with van der Waals surface area (Å²) < 4.78 is 14.2. The molecular weight excluding hydrogens is 363 g/mol. The van der Waals surface area contributed by atoms with Gasteiger partial charge in [-0.05, 0) is 55.2 Å². The van der Waals surface area contributed by atoms with Gasteiger partial charge >= 0.3 is 0 Å². The molecule has 0 saturated carbocycles. The highest BCUT2D eigenvalue weighted by Gasteiger charge is 2.36. The third-order valence-electron chi connectivity index (χ3n) is 5.11. The molecule has 0 spiro atoms. The summed E-state index contributed by atoms with van der Waals surface area (Å²) in [5, 5.41) is 0. The van der Waals surface area contributed by atoms with Crippen LogP contribution in [0.25, 0.3) is 0 Å². The largest absolute Gasteiger partial charge is 0.315 e. The van der Waals surface area contributed by atoms with Gasteiger partial charge in [0.05, 0.1) is 0 Å². The van der Waals surface area contributed by atoms with Crippen molar-refractivity contribution in [3.05, 3.63) is 70.3 Å². The van der Waals surface area contributed by atoms with E-state index in [1.807, 2.05) is 63.2 Å². The summed E-state index contributed by atoms with van der Waals surface area (Å²) in [7, 11) is -3.10. The zero-order valence-corrected chi connectivity index (χ0v) is 19.4. The standard InChI is InChI=1S/C25H35O2P/c1-18-13-20(3)23(21(4)14-18)24(26)28(27,16-19(2)15-25(5,6)7)17-22-11-9-8-10-12-22/h8-14,19H,15-17H2,1-7H3. The molecule has 0 fully saturated rings. The molecule has 2 aromatic rings. The summed E-state index contributed by atoms with van der Waals surface area (Å²) in [5.74, 6) is 0.226. The van der Waals surface area contributed by atoms with Gasteiger partial charge in [0.2, 0.25) is 5.52 Å². The van der Waals surface area contributed by atoms with Crippen LogP contribution < -0.4 is 0 Å². The van der Waals surface area contributed by atoms with Gasteiger partial charge in [-0.1, -0.05) is 75.7 Å². The first-order valence-electron chi connectivity index (χ1n) is 10.2. The number of benzene rings is 2. The van der Waals surface area contributed by atoms with E-state index in [-0.39, 0.29) is 16.9 Å². The predicted molar refractivity (Wildman–Crippen MR) is 121 cm³/mol. The SMILES string of the molecule is Cc1cc(C)c(C(=O)P(=O)(Cc2ccccc2)CC(C)CC(C)(C)C)c(C)c1. The zero-order valence-electron chi connectivity index (χ0n) is 18.5. The molecule has 2 rings (SSSR count). The second-order valence-corrected chi connectivity index (χ2v) is 12.5. The number of aryl methyl sites for hydroxylation is 3. The predicted octanol–water partition coefficient (Wildman–Crippen LogP) is 7.39. The molecular formula is C25H35O2P. The van der Waals surface area contributed by atoms with Crippen LogP contribution >= 0.6 is 7.14 Å². The Morgan fingerprint density at radius 2 is 1.54 bits per heavy atom. The van der Waals surface area contributed by atoms with Crippen molar-refractivity contribution >= 4 is 12.7 Å². The topological polar surface area (TPSA) is 34.1 Å². The van der Waals surface area contributed by atoms with Crippen LogP contribution in [0.1, 0.15) is 66.7 Å². The van der Waals surface area contributed by atoms with Crippen LogP contribution in [0.2, 0.25) is 0 Å². The molecule has 152 valence electrons. The van der Waals surface area contributed by atoms with Gasteiger partial charge < -0.3 is 4.57 Å². The van der Waals surface area contributed by atoms with Gasteiger partial charge in [-0.2, -0.15) is 0 Å². The normalized spacial score (nSPS) is 15.1. The molecule has 2 atom stereocenters. The van der Waals surface area contributed by atoms with Gasteiger partial charge in [-0.15, -0.1) is 0 Å². The first-order valence-corrected chi connectivity index (χ1v) is 12.2. The van der Waals surface area contributed by atoms with Crippen LogP contribution in [0.5, 0.6) is 0 Å². The van der Waals surface area contributed by atoms with Crippen molar-refractivity contribution in [2.24, 2.45) is 11.3 Å². The van der Waals surface area contributed by atoms with Gasteiger partial charge in [0, 0.05) is 17.9 Å². The van der Waals surface area contributed by atoms with E-state index in [0.29, 0.717) is 17.9 Å². The monoisotopic (exact) mass is 398 g/mol. The number of carbonyl (C=O) groups is 1. The lowest BCUT2D eigenvalue weighted by Gasteiger charge is -2.27. The molecule has 0 aromatic heterocycles. The van der Waals surface area contributed by atoms with Gasteiger partial charge in [-0.25, -0.2) is 0 Å². The van der Waals surface area contributed by atoms with Crippen molar-refractivity contribution in [2.75, 3.05) is 6.16 Å². The minimum Gasteiger partial charge on any atom is -0.315 e. The Labute approximate surface area is 171 Å². The van der Waals surface area contributed by atoms with Gasteiger partial charge in [-0.3, -0.25) is 4.79 Å². The molecule has 2 unspecified atom stereocenters. The highest BCUT2D eigenvalue weighted by Crippen LogP contribution is 2.55. The molecule has 3 heteroatoms. The van der Waals surface area contributed by atoms with E-state index < -0.39 is 7.14 Å². The molecule has 0 heterocycles. The van der Waals surface area contributed by atoms with E-state index in [9.17, 15) is 9.36 Å². The van der Waals surface area contributed by atoms with Crippen LogP contribution in [0.4, 0.5) is 0 Å². The molecule has 28 heavy (non-hydrogen) atoms. The lowest BCUT2D eigenvalue weighted by molar-refractivity contribution is 0.107. The zero-order chi connectivity index (χ0) is 21.1. The second kappa shape index (κ2) is 8.78. The minimum absolute atomic E-state index is 0.146. The number of hydrogen-bond donors (Lipinski definition) is 0. The fraction of sp³-hybridized carbons (Fsp3) is 0.480. The summed E-state index contributed by atoms with van der Waals surface area (Å²) in [5.41, 5.74) is 4.63. The van der Waals surface area contributed by atoms with E-state index in [0.717, 1.165) is 28.7 Å². The highest BCUT2D eigenvalue weighted by atomic mass is 31.2. The Morgan fingerprint density at radius 3 is 2.04 bits per heavy atom. The van der Waals surface area contributed by atoms with Crippen LogP contribution in [-0.4, -0.2) is 11.7 Å². The van der Waals surface area contributed by atoms with Crippen molar-refractivity contribution in [1.82, 2.24) is 0 Å². The molecule has 0 amide bonds. The number of rotatable bonds is 7. The molecule has 0 bridgehead atoms. The average molecular weight is 399 g/mol. The van der Waals surface area contributed by atoms with Gasteiger partial charge in [0.1, 0.15) is 0 Å². The lowest BCUT2D eigenvalue weighted by atomic mass is 9.86. The summed E-state index contributed by atoms with van der Waals surface area (Å²) in [6.07, 6.45) is 1.75. The molecule has 0 aliphatic rings. The summed E-state index contributed by atoms with van der Waals surface area (Å²) >= 11 is 0. The highest BCUT2D eigenvalue weighted by molar-refractivity contribution is 7.80. The minimum atomic E-state index is -3.10. The smallest absolute Gasteiger partial charge is 0.222 e. The third kappa shape index (κ3) is 5.92. The summed E-state index contributed by atoms with van der Waals surface area (Å²) in [4.78, 5) is 13.7.